The van der Waals surface area contributed by atoms with Crippen molar-refractivity contribution in [1.82, 2.24) is 19.7 Å². The molecule has 2 fully saturated rings. The highest BCUT2D eigenvalue weighted by Gasteiger charge is 2.37. The molecule has 1 amide bonds. The number of carbonyl (C=O) groups excluding carboxylic acids is 1. The summed E-state index contributed by atoms with van der Waals surface area (Å²) < 4.78 is 6.31. The Bertz CT molecular complexity index is 984. The van der Waals surface area contributed by atoms with Crippen molar-refractivity contribution in [3.8, 4) is 5.75 Å². The van der Waals surface area contributed by atoms with Gasteiger partial charge in [0, 0.05) is 45.1 Å². The minimum Gasteiger partial charge on any atom is -0.492 e. The van der Waals surface area contributed by atoms with Crippen LogP contribution in [0, 0.1) is 5.41 Å². The van der Waals surface area contributed by atoms with Gasteiger partial charge in [0.25, 0.3) is 0 Å². The average molecular weight is 505 g/mol. The highest BCUT2D eigenvalue weighted by Crippen LogP contribution is 2.39. The summed E-state index contributed by atoms with van der Waals surface area (Å²) in [6.45, 7) is 8.09. The van der Waals surface area contributed by atoms with Crippen molar-refractivity contribution >= 4 is 5.91 Å². The second-order valence-corrected chi connectivity index (χ2v) is 11.5. The lowest BCUT2D eigenvalue weighted by molar-refractivity contribution is -0.135. The SMILES string of the molecule is O=C(CN1CCCCC1)N1CCC2(CCCCc3ccccc3OCCN(Cc3cccnc3)C2)CC1. The maximum absolute atomic E-state index is 13.1. The van der Waals surface area contributed by atoms with Crippen LogP contribution in [-0.2, 0) is 17.8 Å². The molecule has 3 aliphatic heterocycles. The third kappa shape index (κ3) is 7.32. The van der Waals surface area contributed by atoms with Gasteiger partial charge in [-0.05, 0) is 86.7 Å². The molecule has 1 aromatic heterocycles. The molecule has 5 rings (SSSR count). The van der Waals surface area contributed by atoms with E-state index in [4.69, 9.17) is 4.74 Å². The van der Waals surface area contributed by atoms with Crippen molar-refractivity contribution in [1.29, 1.82) is 0 Å². The number of amides is 1. The predicted octanol–water partition coefficient (Wildman–Crippen LogP) is 4.78. The number of hydrogen-bond acceptors (Lipinski definition) is 5. The Morgan fingerprint density at radius 1 is 0.865 bits per heavy atom. The fraction of sp³-hybridized carbons (Fsp3) is 0.613. The van der Waals surface area contributed by atoms with Crippen molar-refractivity contribution < 1.29 is 9.53 Å². The molecule has 0 N–H and O–H groups in total. The first-order valence-corrected chi connectivity index (χ1v) is 14.5. The van der Waals surface area contributed by atoms with E-state index >= 15 is 0 Å². The van der Waals surface area contributed by atoms with Crippen molar-refractivity contribution in [2.45, 2.75) is 64.3 Å². The molecular formula is C31H44N4O2. The van der Waals surface area contributed by atoms with Gasteiger partial charge in [0.2, 0.25) is 5.91 Å². The summed E-state index contributed by atoms with van der Waals surface area (Å²) in [7, 11) is 0. The van der Waals surface area contributed by atoms with E-state index in [1.807, 2.05) is 18.5 Å². The van der Waals surface area contributed by atoms with Gasteiger partial charge in [0.05, 0.1) is 6.54 Å². The first-order chi connectivity index (χ1) is 18.2. The molecule has 1 spiro atoms. The predicted molar refractivity (Wildman–Crippen MR) is 148 cm³/mol. The van der Waals surface area contributed by atoms with Gasteiger partial charge < -0.3 is 9.64 Å². The Balaban J connectivity index is 1.27. The molecule has 0 saturated carbocycles. The lowest BCUT2D eigenvalue weighted by Crippen LogP contribution is -2.50. The summed E-state index contributed by atoms with van der Waals surface area (Å²) in [4.78, 5) is 24.6. The Morgan fingerprint density at radius 2 is 1.70 bits per heavy atom. The number of likely N-dealkylation sites (tertiary alicyclic amines) is 2. The maximum Gasteiger partial charge on any atom is 0.236 e. The number of ether oxygens (including phenoxy) is 1. The summed E-state index contributed by atoms with van der Waals surface area (Å²) in [5.74, 6) is 1.38. The number of aromatic nitrogens is 1. The van der Waals surface area contributed by atoms with E-state index in [0.29, 0.717) is 19.1 Å². The van der Waals surface area contributed by atoms with Crippen LogP contribution in [0.25, 0.3) is 0 Å². The molecule has 0 bridgehead atoms. The fourth-order valence-electron chi connectivity index (χ4n) is 6.52. The zero-order valence-corrected chi connectivity index (χ0v) is 22.5. The van der Waals surface area contributed by atoms with E-state index in [2.05, 4.69) is 50.0 Å². The van der Waals surface area contributed by atoms with E-state index in [9.17, 15) is 4.79 Å². The minimum absolute atomic E-state index is 0.253. The van der Waals surface area contributed by atoms with E-state index in [1.165, 1.54) is 49.7 Å². The van der Waals surface area contributed by atoms with E-state index in [-0.39, 0.29) is 5.41 Å². The van der Waals surface area contributed by atoms with E-state index in [1.54, 1.807) is 0 Å². The Labute approximate surface area is 223 Å². The van der Waals surface area contributed by atoms with Crippen LogP contribution in [0.1, 0.15) is 62.5 Å². The Morgan fingerprint density at radius 3 is 2.51 bits per heavy atom. The topological polar surface area (TPSA) is 48.9 Å². The van der Waals surface area contributed by atoms with Gasteiger partial charge in [-0.1, -0.05) is 37.1 Å². The van der Waals surface area contributed by atoms with Gasteiger partial charge in [0.15, 0.2) is 0 Å². The van der Waals surface area contributed by atoms with Crippen LogP contribution in [-0.4, -0.2) is 78.0 Å². The molecule has 2 aromatic rings. The van der Waals surface area contributed by atoms with Crippen LogP contribution in [0.5, 0.6) is 5.75 Å². The number of aryl methyl sites for hydroxylation is 1. The van der Waals surface area contributed by atoms with Crippen molar-refractivity contribution in [3.05, 3.63) is 59.9 Å². The average Bonchev–Trinajstić information content (AvgIpc) is 2.93. The molecule has 3 aliphatic rings. The van der Waals surface area contributed by atoms with Gasteiger partial charge in [-0.2, -0.15) is 0 Å². The summed E-state index contributed by atoms with van der Waals surface area (Å²) in [6.07, 6.45) is 14.5. The zero-order valence-electron chi connectivity index (χ0n) is 22.5. The van der Waals surface area contributed by atoms with Crippen LogP contribution in [0.15, 0.2) is 48.8 Å². The number of rotatable bonds is 4. The summed E-state index contributed by atoms with van der Waals surface area (Å²) in [5.41, 5.74) is 2.83. The normalized spacial score (nSPS) is 21.9. The quantitative estimate of drug-likeness (QED) is 0.600. The second-order valence-electron chi connectivity index (χ2n) is 11.5. The largest absolute Gasteiger partial charge is 0.492 e. The summed E-state index contributed by atoms with van der Waals surface area (Å²) in [6, 6.07) is 12.7. The monoisotopic (exact) mass is 504 g/mol. The van der Waals surface area contributed by atoms with E-state index < -0.39 is 0 Å². The van der Waals surface area contributed by atoms with Crippen LogP contribution in [0.4, 0.5) is 0 Å². The molecule has 4 heterocycles. The smallest absolute Gasteiger partial charge is 0.236 e. The number of pyridine rings is 1. The number of para-hydroxylation sites is 1. The van der Waals surface area contributed by atoms with Gasteiger partial charge >= 0.3 is 0 Å². The third-order valence-electron chi connectivity index (χ3n) is 8.71. The van der Waals surface area contributed by atoms with Gasteiger partial charge in [0.1, 0.15) is 12.4 Å². The molecule has 200 valence electrons. The lowest BCUT2D eigenvalue weighted by Gasteiger charge is -2.45. The molecule has 6 nitrogen and oxygen atoms in total. The molecule has 0 aliphatic carbocycles. The van der Waals surface area contributed by atoms with Crippen molar-refractivity contribution in [3.63, 3.8) is 0 Å². The number of benzene rings is 1. The molecule has 0 atom stereocenters. The first-order valence-electron chi connectivity index (χ1n) is 14.5. The highest BCUT2D eigenvalue weighted by atomic mass is 16.5. The van der Waals surface area contributed by atoms with E-state index in [0.717, 1.165) is 70.8 Å². The van der Waals surface area contributed by atoms with Crippen LogP contribution in [0.2, 0.25) is 0 Å². The van der Waals surface area contributed by atoms with Crippen molar-refractivity contribution in [2.75, 3.05) is 52.4 Å². The molecule has 2 saturated heterocycles. The Hall–Kier alpha value is -2.44. The van der Waals surface area contributed by atoms with Gasteiger partial charge in [-0.15, -0.1) is 0 Å². The standard InChI is InChI=1S/C31H44N4O2/c36-30(25-33-17-6-1-7-18-33)35-19-14-31(15-20-35)13-5-4-11-28-10-2-3-12-29(28)37-22-21-34(26-31)24-27-9-8-16-32-23-27/h2-3,8-10,12,16,23H,1,4-7,11,13-15,17-22,24-26H2. The summed E-state index contributed by atoms with van der Waals surface area (Å²) in [5, 5.41) is 0. The first kappa shape index (κ1) is 26.2. The van der Waals surface area contributed by atoms with Gasteiger partial charge in [-0.3, -0.25) is 19.6 Å². The summed E-state index contributed by atoms with van der Waals surface area (Å²) >= 11 is 0. The second kappa shape index (κ2) is 12.9. The number of fused-ring (bicyclic) bond motifs is 1. The Kier molecular flexibility index (Phi) is 9.11. The number of piperidine rings is 2. The number of nitrogens with zero attached hydrogens (tertiary/aromatic N) is 4. The molecule has 6 heteroatoms. The molecule has 1 aromatic carbocycles. The molecule has 37 heavy (non-hydrogen) atoms. The number of hydrogen-bond donors (Lipinski definition) is 0. The zero-order chi connectivity index (χ0) is 25.3. The van der Waals surface area contributed by atoms with Crippen LogP contribution < -0.4 is 4.74 Å². The molecule has 0 radical (unpaired) electrons. The molecular weight excluding hydrogens is 460 g/mol. The van der Waals surface area contributed by atoms with Crippen LogP contribution >= 0.6 is 0 Å². The minimum atomic E-state index is 0.253. The maximum atomic E-state index is 13.1. The molecule has 0 unspecified atom stereocenters. The van der Waals surface area contributed by atoms with Crippen molar-refractivity contribution in [2.24, 2.45) is 5.41 Å². The third-order valence-corrected chi connectivity index (χ3v) is 8.71. The van der Waals surface area contributed by atoms with Gasteiger partial charge in [-0.25, -0.2) is 0 Å². The highest BCUT2D eigenvalue weighted by molar-refractivity contribution is 5.78. The number of carbonyl (C=O) groups is 1. The fourth-order valence-corrected chi connectivity index (χ4v) is 6.52. The lowest BCUT2D eigenvalue weighted by atomic mass is 9.73. The van der Waals surface area contributed by atoms with Crippen LogP contribution in [0.3, 0.4) is 0 Å².